The fourth-order valence-electron chi connectivity index (χ4n) is 4.97. The fourth-order valence-corrected chi connectivity index (χ4v) is 4.97. The van der Waals surface area contributed by atoms with Gasteiger partial charge in [0.15, 0.2) is 0 Å². The first-order valence-corrected chi connectivity index (χ1v) is 13.5. The molecule has 0 radical (unpaired) electrons. The molecule has 2 N–H and O–H groups in total. The lowest BCUT2D eigenvalue weighted by molar-refractivity contribution is -0.149. The first-order valence-electron chi connectivity index (χ1n) is 13.5. The molecular weight excluding hydrogens is 489 g/mol. The number of nitrogens with zero attached hydrogens (tertiary/aromatic N) is 1. The van der Waals surface area contributed by atoms with Crippen LogP contribution in [0.3, 0.4) is 0 Å². The molecule has 1 saturated carbocycles. The van der Waals surface area contributed by atoms with E-state index >= 15 is 0 Å². The second-order valence-corrected chi connectivity index (χ2v) is 9.74. The van der Waals surface area contributed by atoms with Crippen LogP contribution in [-0.4, -0.2) is 56.7 Å². The highest BCUT2D eigenvalue weighted by molar-refractivity contribution is 5.95. The number of hydrogen-bond acceptors (Lipinski definition) is 6. The third kappa shape index (κ3) is 7.24. The number of anilines is 1. The molecule has 2 aliphatic rings. The van der Waals surface area contributed by atoms with Gasteiger partial charge in [-0.1, -0.05) is 0 Å². The number of ether oxygens (including phenoxy) is 2. The minimum atomic E-state index is -0.678. The number of nitrogens with one attached hydrogen (secondary N) is 2. The number of benzene rings is 2. The average molecular weight is 526 g/mol. The number of esters is 1. The van der Waals surface area contributed by atoms with Crippen LogP contribution in [0.1, 0.15) is 66.2 Å². The molecule has 2 aromatic carbocycles. The lowest BCUT2D eigenvalue weighted by Crippen LogP contribution is -2.35. The van der Waals surface area contributed by atoms with Crippen molar-refractivity contribution in [1.29, 1.82) is 0 Å². The van der Waals surface area contributed by atoms with Gasteiger partial charge >= 0.3 is 5.97 Å². The van der Waals surface area contributed by atoms with Crippen LogP contribution in [-0.2, 0) is 9.53 Å². The predicted octanol–water partition coefficient (Wildman–Crippen LogP) is 4.09. The van der Waals surface area contributed by atoms with E-state index in [0.29, 0.717) is 43.6 Å². The Morgan fingerprint density at radius 1 is 0.921 bits per heavy atom. The molecule has 0 bridgehead atoms. The summed E-state index contributed by atoms with van der Waals surface area (Å²) in [4.78, 5) is 39.0. The Hall–Kier alpha value is -3.62. The van der Waals surface area contributed by atoms with Gasteiger partial charge in [-0.2, -0.15) is 0 Å². The molecule has 2 aromatic rings. The Morgan fingerprint density at radius 3 is 2.21 bits per heavy atom. The number of halogens is 1. The van der Waals surface area contributed by atoms with E-state index in [1.165, 1.54) is 25.0 Å². The number of carbonyl (C=O) groups is 3. The van der Waals surface area contributed by atoms with E-state index in [0.717, 1.165) is 18.8 Å². The first kappa shape index (κ1) is 27.4. The number of hydrogen-bond donors (Lipinski definition) is 2. The van der Waals surface area contributed by atoms with E-state index in [9.17, 15) is 18.8 Å². The quantitative estimate of drug-likeness (QED) is 0.358. The summed E-state index contributed by atoms with van der Waals surface area (Å²) in [5.74, 6) is -1.39. The van der Waals surface area contributed by atoms with E-state index in [1.54, 1.807) is 25.1 Å². The number of rotatable bonds is 10. The predicted molar refractivity (Wildman–Crippen MR) is 142 cm³/mol. The second kappa shape index (κ2) is 13.3. The molecule has 0 aromatic heterocycles. The minimum Gasteiger partial charge on any atom is -0.490 e. The van der Waals surface area contributed by atoms with E-state index in [1.807, 2.05) is 12.1 Å². The lowest BCUT2D eigenvalue weighted by atomic mass is 9.87. The number of carbonyl (C=O) groups excluding carboxylic acids is 3. The maximum absolute atomic E-state index is 14.6. The molecule has 38 heavy (non-hydrogen) atoms. The molecule has 1 heterocycles. The Balaban J connectivity index is 1.18. The highest BCUT2D eigenvalue weighted by Crippen LogP contribution is 2.29. The maximum Gasteiger partial charge on any atom is 0.308 e. The third-order valence-corrected chi connectivity index (χ3v) is 7.08. The third-order valence-electron chi connectivity index (χ3n) is 7.08. The molecule has 1 aliphatic carbocycles. The van der Waals surface area contributed by atoms with Crippen LogP contribution >= 0.6 is 0 Å². The topological polar surface area (TPSA) is 97.0 Å². The van der Waals surface area contributed by atoms with E-state index < -0.39 is 11.7 Å². The van der Waals surface area contributed by atoms with E-state index in [2.05, 4.69) is 15.5 Å². The standard InChI is InChI=1S/C29H36FN3O5/c1-2-37-29(36)21-7-11-23(12-8-21)38-24-13-14-25(26(30)19-24)28(35)32-16-15-31-27(34)20-5-9-22(10-6-20)33-17-3-4-18-33/h5-6,9-10,13-14,19,21,23H,2-4,7-8,11-12,15-18H2,1H3,(H,31,34)(H,32,35). The van der Waals surface area contributed by atoms with Crippen molar-refractivity contribution in [1.82, 2.24) is 10.6 Å². The van der Waals surface area contributed by atoms with Crippen molar-refractivity contribution in [2.45, 2.75) is 51.6 Å². The molecule has 9 heteroatoms. The molecule has 2 fully saturated rings. The van der Waals surface area contributed by atoms with Crippen molar-refractivity contribution in [3.63, 3.8) is 0 Å². The summed E-state index contributed by atoms with van der Waals surface area (Å²) in [5.41, 5.74) is 1.58. The van der Waals surface area contributed by atoms with Crippen LogP contribution < -0.4 is 20.3 Å². The Bertz CT molecular complexity index is 1110. The van der Waals surface area contributed by atoms with Gasteiger partial charge < -0.3 is 25.0 Å². The van der Waals surface area contributed by atoms with E-state index in [-0.39, 0.29) is 42.6 Å². The Morgan fingerprint density at radius 2 is 1.58 bits per heavy atom. The van der Waals surface area contributed by atoms with Crippen LogP contribution in [0.15, 0.2) is 42.5 Å². The van der Waals surface area contributed by atoms with Crippen molar-refractivity contribution in [2.75, 3.05) is 37.7 Å². The summed E-state index contributed by atoms with van der Waals surface area (Å²) in [7, 11) is 0. The first-order chi connectivity index (χ1) is 18.4. The van der Waals surface area contributed by atoms with Gasteiger partial charge in [-0.25, -0.2) is 4.39 Å². The van der Waals surface area contributed by atoms with Crippen LogP contribution in [0.4, 0.5) is 10.1 Å². The van der Waals surface area contributed by atoms with Crippen molar-refractivity contribution in [2.24, 2.45) is 5.92 Å². The number of amides is 2. The van der Waals surface area contributed by atoms with Crippen LogP contribution in [0.25, 0.3) is 0 Å². The summed E-state index contributed by atoms with van der Waals surface area (Å²) in [6.07, 6.45) is 4.98. The van der Waals surface area contributed by atoms with Crippen molar-refractivity contribution < 1.29 is 28.2 Å². The van der Waals surface area contributed by atoms with Crippen LogP contribution in [0, 0.1) is 11.7 Å². The molecule has 0 unspecified atom stereocenters. The lowest BCUT2D eigenvalue weighted by Gasteiger charge is -2.27. The zero-order valence-electron chi connectivity index (χ0n) is 21.8. The normalized spacial score (nSPS) is 19.1. The highest BCUT2D eigenvalue weighted by Gasteiger charge is 2.28. The summed E-state index contributed by atoms with van der Waals surface area (Å²) in [6.45, 7) is 4.63. The van der Waals surface area contributed by atoms with Gasteiger partial charge in [-0.3, -0.25) is 14.4 Å². The molecule has 2 amide bonds. The monoisotopic (exact) mass is 525 g/mol. The molecule has 0 spiro atoms. The Kier molecular flexibility index (Phi) is 9.56. The van der Waals surface area contributed by atoms with Gasteiger partial charge in [-0.15, -0.1) is 0 Å². The van der Waals surface area contributed by atoms with Gasteiger partial charge in [0.05, 0.1) is 24.2 Å². The van der Waals surface area contributed by atoms with Gasteiger partial charge in [0.1, 0.15) is 11.6 Å². The second-order valence-electron chi connectivity index (χ2n) is 9.74. The summed E-state index contributed by atoms with van der Waals surface area (Å²) in [5, 5.41) is 5.41. The van der Waals surface area contributed by atoms with E-state index in [4.69, 9.17) is 9.47 Å². The average Bonchev–Trinajstić information content (AvgIpc) is 3.47. The van der Waals surface area contributed by atoms with Crippen molar-refractivity contribution in [3.8, 4) is 5.75 Å². The SMILES string of the molecule is CCOC(=O)C1CCC(Oc2ccc(C(=O)NCCNC(=O)c3ccc(N4CCCC4)cc3)c(F)c2)CC1. The van der Waals surface area contributed by atoms with Gasteiger partial charge in [0, 0.05) is 43.5 Å². The van der Waals surface area contributed by atoms with Gasteiger partial charge in [-0.05, 0) is 81.8 Å². The highest BCUT2D eigenvalue weighted by atomic mass is 19.1. The smallest absolute Gasteiger partial charge is 0.308 e. The molecule has 8 nitrogen and oxygen atoms in total. The fraction of sp³-hybridized carbons (Fsp3) is 0.483. The largest absolute Gasteiger partial charge is 0.490 e. The summed E-state index contributed by atoms with van der Waals surface area (Å²) >= 11 is 0. The van der Waals surface area contributed by atoms with Crippen LogP contribution in [0.5, 0.6) is 5.75 Å². The maximum atomic E-state index is 14.6. The molecule has 0 atom stereocenters. The zero-order chi connectivity index (χ0) is 26.9. The zero-order valence-corrected chi connectivity index (χ0v) is 21.8. The molecule has 4 rings (SSSR count). The molecule has 1 aliphatic heterocycles. The van der Waals surface area contributed by atoms with Crippen molar-refractivity contribution >= 4 is 23.5 Å². The minimum absolute atomic E-state index is 0.0906. The summed E-state index contributed by atoms with van der Waals surface area (Å²) in [6, 6.07) is 11.7. The molecular formula is C29H36FN3O5. The molecule has 204 valence electrons. The Labute approximate surface area is 222 Å². The van der Waals surface area contributed by atoms with Crippen molar-refractivity contribution in [3.05, 3.63) is 59.4 Å². The molecule has 1 saturated heterocycles. The van der Waals surface area contributed by atoms with Gasteiger partial charge in [0.2, 0.25) is 0 Å². The summed E-state index contributed by atoms with van der Waals surface area (Å²) < 4.78 is 25.6. The van der Waals surface area contributed by atoms with Gasteiger partial charge in [0.25, 0.3) is 11.8 Å². The van der Waals surface area contributed by atoms with Crippen LogP contribution in [0.2, 0.25) is 0 Å².